The van der Waals surface area contributed by atoms with Crippen LogP contribution in [0.3, 0.4) is 0 Å². The minimum atomic E-state index is -0.489. The highest BCUT2D eigenvalue weighted by Gasteiger charge is 2.13. The van der Waals surface area contributed by atoms with Gasteiger partial charge < -0.3 is 14.8 Å². The fourth-order valence-electron chi connectivity index (χ4n) is 3.78. The second-order valence-electron chi connectivity index (χ2n) is 9.31. The van der Waals surface area contributed by atoms with Crippen molar-refractivity contribution in [1.82, 2.24) is 10.7 Å². The predicted octanol–water partition coefficient (Wildman–Crippen LogP) is 5.71. The zero-order valence-electron chi connectivity index (χ0n) is 22.9. The lowest BCUT2D eigenvalue weighted by molar-refractivity contribution is -0.126. The Kier molecular flexibility index (Phi) is 14.2. The molecule has 0 radical (unpaired) electrons. The van der Waals surface area contributed by atoms with Gasteiger partial charge in [0.25, 0.3) is 5.91 Å². The zero-order chi connectivity index (χ0) is 27.6. The molecule has 0 aromatic heterocycles. The van der Waals surface area contributed by atoms with Crippen molar-refractivity contribution in [3.05, 3.63) is 59.2 Å². The molecule has 0 fully saturated rings. The van der Waals surface area contributed by atoms with Crippen molar-refractivity contribution < 1.29 is 23.9 Å². The fourth-order valence-corrected chi connectivity index (χ4v) is 3.78. The van der Waals surface area contributed by atoms with E-state index in [0.717, 1.165) is 24.8 Å². The molecule has 0 atom stereocenters. The molecule has 0 aliphatic carbocycles. The molecule has 0 heterocycles. The average molecular weight is 524 g/mol. The van der Waals surface area contributed by atoms with Crippen molar-refractivity contribution in [2.45, 2.75) is 78.1 Å². The number of carbonyl (C=O) groups is 3. The number of amides is 2. The molecule has 2 amide bonds. The summed E-state index contributed by atoms with van der Waals surface area (Å²) in [5.74, 6) is -0.417. The van der Waals surface area contributed by atoms with Crippen LogP contribution in [-0.4, -0.2) is 37.7 Å². The van der Waals surface area contributed by atoms with Crippen LogP contribution in [0.2, 0.25) is 0 Å². The third kappa shape index (κ3) is 12.0. The van der Waals surface area contributed by atoms with E-state index in [0.29, 0.717) is 23.3 Å². The Morgan fingerprint density at radius 2 is 1.50 bits per heavy atom. The molecule has 0 spiro atoms. The molecular weight excluding hydrogens is 482 g/mol. The number of hydrogen-bond acceptors (Lipinski definition) is 6. The number of methoxy groups -OCH3 is 1. The summed E-state index contributed by atoms with van der Waals surface area (Å²) in [5, 5.41) is 6.55. The van der Waals surface area contributed by atoms with Gasteiger partial charge in [-0.2, -0.15) is 5.10 Å². The van der Waals surface area contributed by atoms with E-state index in [1.165, 1.54) is 51.8 Å². The Hall–Kier alpha value is -3.68. The summed E-state index contributed by atoms with van der Waals surface area (Å²) in [6.07, 6.45) is 12.6. The van der Waals surface area contributed by atoms with Gasteiger partial charge in [-0.25, -0.2) is 10.2 Å². The Morgan fingerprint density at radius 3 is 2.16 bits per heavy atom. The van der Waals surface area contributed by atoms with E-state index >= 15 is 0 Å². The van der Waals surface area contributed by atoms with E-state index < -0.39 is 11.9 Å². The van der Waals surface area contributed by atoms with Gasteiger partial charge in [0.2, 0.25) is 5.91 Å². The molecule has 2 aromatic rings. The molecule has 8 heteroatoms. The molecule has 2 aromatic carbocycles. The average Bonchev–Trinajstić information content (AvgIpc) is 2.92. The Morgan fingerprint density at radius 1 is 0.842 bits per heavy atom. The predicted molar refractivity (Wildman–Crippen MR) is 150 cm³/mol. The topological polar surface area (TPSA) is 106 Å². The molecule has 2 rings (SSSR count). The molecule has 0 bridgehead atoms. The van der Waals surface area contributed by atoms with Crippen molar-refractivity contribution in [1.29, 1.82) is 0 Å². The molecule has 0 aliphatic heterocycles. The van der Waals surface area contributed by atoms with Crippen molar-refractivity contribution in [3.8, 4) is 11.5 Å². The third-order valence-corrected chi connectivity index (χ3v) is 6.03. The first kappa shape index (κ1) is 30.5. The Balaban J connectivity index is 1.68. The van der Waals surface area contributed by atoms with Gasteiger partial charge in [-0.1, -0.05) is 76.0 Å². The van der Waals surface area contributed by atoms with E-state index in [9.17, 15) is 14.4 Å². The number of nitrogens with zero attached hydrogens (tertiary/aromatic N) is 1. The number of hydrogen-bond donors (Lipinski definition) is 2. The number of carbonyl (C=O) groups excluding carboxylic acids is 3. The van der Waals surface area contributed by atoms with Gasteiger partial charge in [-0.05, 0) is 49.2 Å². The van der Waals surface area contributed by atoms with Crippen LogP contribution in [0.15, 0.2) is 47.6 Å². The standard InChI is InChI=1S/C30H41N3O5/c1-4-5-6-7-8-9-10-11-12-13-28(34)31-22-29(35)33-32-21-24-16-19-26(27(20-24)37-3)38-30(36)25-17-14-23(2)15-18-25/h14-21H,4-13,22H2,1-3H3,(H,31,34)(H,33,35)/b32-21-. The minimum absolute atomic E-state index is 0.132. The maximum atomic E-state index is 12.4. The molecule has 0 saturated heterocycles. The van der Waals surface area contributed by atoms with E-state index in [1.54, 1.807) is 30.3 Å². The molecule has 38 heavy (non-hydrogen) atoms. The lowest BCUT2D eigenvalue weighted by Gasteiger charge is -2.10. The van der Waals surface area contributed by atoms with Gasteiger partial charge in [0.1, 0.15) is 0 Å². The number of benzene rings is 2. The van der Waals surface area contributed by atoms with Gasteiger partial charge >= 0.3 is 5.97 Å². The van der Waals surface area contributed by atoms with Gasteiger partial charge in [0, 0.05) is 6.42 Å². The van der Waals surface area contributed by atoms with Gasteiger partial charge in [-0.3, -0.25) is 9.59 Å². The quantitative estimate of drug-likeness (QED) is 0.0908. The normalized spacial score (nSPS) is 10.8. The number of aryl methyl sites for hydroxylation is 1. The second-order valence-corrected chi connectivity index (χ2v) is 9.31. The highest BCUT2D eigenvalue weighted by atomic mass is 16.6. The smallest absolute Gasteiger partial charge is 0.343 e. The van der Waals surface area contributed by atoms with Gasteiger partial charge in [0.15, 0.2) is 11.5 Å². The number of nitrogens with one attached hydrogen (secondary N) is 2. The minimum Gasteiger partial charge on any atom is -0.493 e. The largest absolute Gasteiger partial charge is 0.493 e. The maximum Gasteiger partial charge on any atom is 0.343 e. The highest BCUT2D eigenvalue weighted by molar-refractivity contribution is 5.92. The summed E-state index contributed by atoms with van der Waals surface area (Å²) in [6, 6.07) is 12.0. The summed E-state index contributed by atoms with van der Waals surface area (Å²) < 4.78 is 10.8. The van der Waals surface area contributed by atoms with Crippen molar-refractivity contribution in [3.63, 3.8) is 0 Å². The monoisotopic (exact) mass is 523 g/mol. The SMILES string of the molecule is CCCCCCCCCCCC(=O)NCC(=O)N/N=C\c1ccc(OC(=O)c2ccc(C)cc2)c(OC)c1. The van der Waals surface area contributed by atoms with E-state index in [2.05, 4.69) is 22.8 Å². The number of hydrazone groups is 1. The summed E-state index contributed by atoms with van der Waals surface area (Å²) in [7, 11) is 1.47. The molecule has 0 aliphatic rings. The first-order chi connectivity index (χ1) is 18.4. The van der Waals surface area contributed by atoms with Crippen LogP contribution >= 0.6 is 0 Å². The molecule has 2 N–H and O–H groups in total. The van der Waals surface area contributed by atoms with E-state index in [1.807, 2.05) is 19.1 Å². The van der Waals surface area contributed by atoms with Gasteiger partial charge in [-0.15, -0.1) is 0 Å². The number of esters is 1. The van der Waals surface area contributed by atoms with Crippen LogP contribution in [0.25, 0.3) is 0 Å². The summed E-state index contributed by atoms with van der Waals surface area (Å²) in [4.78, 5) is 36.3. The molecular formula is C30H41N3O5. The molecule has 8 nitrogen and oxygen atoms in total. The number of ether oxygens (including phenoxy) is 2. The summed E-state index contributed by atoms with van der Waals surface area (Å²) in [5.41, 5.74) is 4.51. The summed E-state index contributed by atoms with van der Waals surface area (Å²) in [6.45, 7) is 4.02. The Labute approximate surface area is 226 Å². The van der Waals surface area contributed by atoms with Gasteiger partial charge in [0.05, 0.1) is 25.4 Å². The lowest BCUT2D eigenvalue weighted by Crippen LogP contribution is -2.34. The lowest BCUT2D eigenvalue weighted by atomic mass is 10.1. The van der Waals surface area contributed by atoms with E-state index in [-0.39, 0.29) is 18.2 Å². The molecule has 0 saturated carbocycles. The highest BCUT2D eigenvalue weighted by Crippen LogP contribution is 2.28. The second kappa shape index (κ2) is 17.7. The Bertz CT molecular complexity index is 1050. The first-order valence-corrected chi connectivity index (χ1v) is 13.5. The number of rotatable bonds is 17. The fraction of sp³-hybridized carbons (Fsp3) is 0.467. The van der Waals surface area contributed by atoms with Crippen molar-refractivity contribution in [2.24, 2.45) is 5.10 Å². The van der Waals surface area contributed by atoms with Crippen LogP contribution in [-0.2, 0) is 9.59 Å². The van der Waals surface area contributed by atoms with Crippen molar-refractivity contribution >= 4 is 24.0 Å². The van der Waals surface area contributed by atoms with E-state index in [4.69, 9.17) is 9.47 Å². The molecule has 206 valence electrons. The first-order valence-electron chi connectivity index (χ1n) is 13.5. The van der Waals surface area contributed by atoms with Crippen LogP contribution in [0.1, 0.15) is 92.6 Å². The molecule has 0 unspecified atom stereocenters. The maximum absolute atomic E-state index is 12.4. The van der Waals surface area contributed by atoms with Crippen LogP contribution in [0.4, 0.5) is 0 Å². The summed E-state index contributed by atoms with van der Waals surface area (Å²) >= 11 is 0. The van der Waals surface area contributed by atoms with Crippen molar-refractivity contribution in [2.75, 3.05) is 13.7 Å². The van der Waals surface area contributed by atoms with Crippen LogP contribution in [0.5, 0.6) is 11.5 Å². The van der Waals surface area contributed by atoms with Crippen LogP contribution < -0.4 is 20.2 Å². The third-order valence-electron chi connectivity index (χ3n) is 6.03. The zero-order valence-corrected chi connectivity index (χ0v) is 22.9. The van der Waals surface area contributed by atoms with Crippen LogP contribution in [0, 0.1) is 6.92 Å². The number of unbranched alkanes of at least 4 members (excludes halogenated alkanes) is 8.